The van der Waals surface area contributed by atoms with E-state index in [4.69, 9.17) is 0 Å². The molecule has 0 aromatic carbocycles. The van der Waals surface area contributed by atoms with Crippen molar-refractivity contribution >= 4 is 42.6 Å². The van der Waals surface area contributed by atoms with E-state index in [1.54, 1.807) is 10.4 Å². The molecule has 0 saturated carbocycles. The summed E-state index contributed by atoms with van der Waals surface area (Å²) in [6.45, 7) is 0. The summed E-state index contributed by atoms with van der Waals surface area (Å²) >= 11 is 3.75. The molecule has 3 rings (SSSR count). The average Bonchev–Trinajstić information content (AvgIpc) is 2.52. The summed E-state index contributed by atoms with van der Waals surface area (Å²) in [7, 11) is 0.921. The van der Waals surface area contributed by atoms with Crippen molar-refractivity contribution in [1.82, 2.24) is 0 Å². The van der Waals surface area contributed by atoms with E-state index in [1.165, 1.54) is 9.75 Å². The van der Waals surface area contributed by atoms with Gasteiger partial charge in [-0.25, -0.2) is 0 Å². The Morgan fingerprint density at radius 2 is 1.45 bits per heavy atom. The molecule has 3 heterocycles. The highest BCUT2D eigenvalue weighted by molar-refractivity contribution is 7.24. The third kappa shape index (κ3) is 0.732. The van der Waals surface area contributed by atoms with Gasteiger partial charge in [0.2, 0.25) is 0 Å². The van der Waals surface area contributed by atoms with E-state index < -0.39 is 0 Å². The Bertz CT molecular complexity index is 361. The molecule has 0 atom stereocenters. The molecule has 2 aromatic heterocycles. The third-order valence-electron chi connectivity index (χ3n) is 1.81. The maximum atomic E-state index is 2.26. The number of fused-ring (bicyclic) bond motifs is 3. The number of rotatable bonds is 0. The van der Waals surface area contributed by atoms with Gasteiger partial charge >= 0.3 is 0 Å². The van der Waals surface area contributed by atoms with Crippen LogP contribution in [0.25, 0.3) is 9.75 Å². The van der Waals surface area contributed by atoms with Crippen molar-refractivity contribution in [3.05, 3.63) is 22.9 Å². The van der Waals surface area contributed by atoms with Crippen molar-refractivity contribution < 1.29 is 0 Å². The fraction of sp³-hybridized carbons (Fsp3) is 0. The van der Waals surface area contributed by atoms with E-state index in [2.05, 4.69) is 22.9 Å². The minimum atomic E-state index is 0.921. The van der Waals surface area contributed by atoms with E-state index in [1.807, 2.05) is 22.7 Å². The largest absolute Gasteiger partial charge is 0.143 e. The molecule has 2 aromatic rings. The maximum Gasteiger partial charge on any atom is 0.125 e. The van der Waals surface area contributed by atoms with Gasteiger partial charge in [0.15, 0.2) is 0 Å². The Kier molecular flexibility index (Phi) is 1.16. The summed E-state index contributed by atoms with van der Waals surface area (Å²) in [5, 5.41) is 7.49. The van der Waals surface area contributed by atoms with Crippen LogP contribution in [0.5, 0.6) is 0 Å². The Balaban J connectivity index is 2.38. The third-order valence-corrected chi connectivity index (χ3v) is 5.53. The summed E-state index contributed by atoms with van der Waals surface area (Å²) in [4.78, 5) is 3.04. The quantitative estimate of drug-likeness (QED) is 0.473. The van der Waals surface area contributed by atoms with E-state index in [0.717, 1.165) is 9.52 Å². The van der Waals surface area contributed by atoms with Gasteiger partial charge in [-0.15, -0.1) is 22.7 Å². The minimum Gasteiger partial charge on any atom is -0.143 e. The van der Waals surface area contributed by atoms with Crippen LogP contribution in [0.4, 0.5) is 0 Å². The van der Waals surface area contributed by atoms with Crippen molar-refractivity contribution in [2.75, 3.05) is 0 Å². The molecular weight excluding hydrogens is 188 g/mol. The Labute approximate surface area is 75.3 Å². The van der Waals surface area contributed by atoms with Gasteiger partial charge in [0.25, 0.3) is 0 Å². The highest BCUT2D eigenvalue weighted by atomic mass is 32.1. The minimum absolute atomic E-state index is 0.921. The average molecular weight is 192 g/mol. The standard InChI is InChI=1S/C8H4S2Si/c1-3-9-7-5(1)11-6-2-4-10-8(6)7/h1-4H. The van der Waals surface area contributed by atoms with Crippen molar-refractivity contribution in [3.8, 4) is 9.75 Å². The van der Waals surface area contributed by atoms with Crippen molar-refractivity contribution in [3.63, 3.8) is 0 Å². The van der Waals surface area contributed by atoms with Crippen LogP contribution in [0.15, 0.2) is 22.9 Å². The smallest absolute Gasteiger partial charge is 0.125 e. The van der Waals surface area contributed by atoms with Crippen LogP contribution in [0.2, 0.25) is 0 Å². The second kappa shape index (κ2) is 2.06. The monoisotopic (exact) mass is 192 g/mol. The summed E-state index contributed by atoms with van der Waals surface area (Å²) < 4.78 is 0. The maximum absolute atomic E-state index is 2.26. The van der Waals surface area contributed by atoms with Gasteiger partial charge < -0.3 is 0 Å². The molecule has 52 valence electrons. The van der Waals surface area contributed by atoms with Gasteiger partial charge in [0.1, 0.15) is 9.52 Å². The predicted molar refractivity (Wildman–Crippen MR) is 52.7 cm³/mol. The van der Waals surface area contributed by atoms with Crippen molar-refractivity contribution in [2.24, 2.45) is 0 Å². The van der Waals surface area contributed by atoms with Crippen LogP contribution in [0.1, 0.15) is 0 Å². The molecule has 0 spiro atoms. The fourth-order valence-corrected chi connectivity index (χ4v) is 5.29. The van der Waals surface area contributed by atoms with Gasteiger partial charge in [0.05, 0.1) is 0 Å². The van der Waals surface area contributed by atoms with Gasteiger partial charge in [0, 0.05) is 9.75 Å². The molecule has 0 amide bonds. The van der Waals surface area contributed by atoms with E-state index in [-0.39, 0.29) is 0 Å². The topological polar surface area (TPSA) is 0 Å². The summed E-state index contributed by atoms with van der Waals surface area (Å²) in [6, 6.07) is 4.51. The summed E-state index contributed by atoms with van der Waals surface area (Å²) in [5.74, 6) is 0. The molecular formula is C8H4S2Si. The van der Waals surface area contributed by atoms with E-state index in [0.29, 0.717) is 0 Å². The first-order chi connectivity index (χ1) is 5.45. The number of thiophene rings is 2. The second-order valence-corrected chi connectivity index (χ2v) is 5.61. The SMILES string of the molecule is c1cc2c(s1)-c1sccc1[Si]2. The van der Waals surface area contributed by atoms with Gasteiger partial charge in [-0.1, -0.05) is 12.1 Å². The Morgan fingerprint density at radius 3 is 2.00 bits per heavy atom. The first kappa shape index (κ1) is 6.17. The lowest BCUT2D eigenvalue weighted by molar-refractivity contribution is 2.14. The first-order valence-electron chi connectivity index (χ1n) is 3.37. The lowest BCUT2D eigenvalue weighted by Gasteiger charge is -1.84. The highest BCUT2D eigenvalue weighted by Crippen LogP contribution is 2.28. The van der Waals surface area contributed by atoms with Crippen molar-refractivity contribution in [2.45, 2.75) is 0 Å². The molecule has 1 aliphatic heterocycles. The lowest BCUT2D eigenvalue weighted by Crippen LogP contribution is -2.18. The van der Waals surface area contributed by atoms with Crippen LogP contribution >= 0.6 is 22.7 Å². The zero-order valence-corrected chi connectivity index (χ0v) is 8.26. The van der Waals surface area contributed by atoms with Crippen LogP contribution < -0.4 is 10.4 Å². The zero-order valence-electron chi connectivity index (χ0n) is 5.63. The Morgan fingerprint density at radius 1 is 0.909 bits per heavy atom. The molecule has 0 bridgehead atoms. The molecule has 0 unspecified atom stereocenters. The predicted octanol–water partition coefficient (Wildman–Crippen LogP) is 1.44. The van der Waals surface area contributed by atoms with Crippen LogP contribution in [-0.4, -0.2) is 9.52 Å². The van der Waals surface area contributed by atoms with Crippen LogP contribution in [0, 0.1) is 0 Å². The first-order valence-corrected chi connectivity index (χ1v) is 6.13. The van der Waals surface area contributed by atoms with Gasteiger partial charge in [-0.05, 0) is 21.1 Å². The molecule has 3 heteroatoms. The van der Waals surface area contributed by atoms with Crippen LogP contribution in [0.3, 0.4) is 0 Å². The van der Waals surface area contributed by atoms with Gasteiger partial charge in [-0.3, -0.25) is 0 Å². The summed E-state index contributed by atoms with van der Waals surface area (Å²) in [6.07, 6.45) is 0. The van der Waals surface area contributed by atoms with E-state index in [9.17, 15) is 0 Å². The fourth-order valence-electron chi connectivity index (χ4n) is 1.31. The zero-order chi connectivity index (χ0) is 7.26. The molecule has 11 heavy (non-hydrogen) atoms. The van der Waals surface area contributed by atoms with E-state index >= 15 is 0 Å². The highest BCUT2D eigenvalue weighted by Gasteiger charge is 2.20. The molecule has 0 saturated heterocycles. The number of hydrogen-bond donors (Lipinski definition) is 0. The lowest BCUT2D eigenvalue weighted by atomic mass is 10.4. The Hall–Kier alpha value is -0.383. The number of hydrogen-bond acceptors (Lipinski definition) is 2. The molecule has 0 aliphatic carbocycles. The normalized spacial score (nSPS) is 13.1. The van der Waals surface area contributed by atoms with Crippen LogP contribution in [-0.2, 0) is 0 Å². The summed E-state index contributed by atoms with van der Waals surface area (Å²) in [5.41, 5.74) is 0. The van der Waals surface area contributed by atoms with Crippen molar-refractivity contribution in [1.29, 1.82) is 0 Å². The molecule has 0 nitrogen and oxygen atoms in total. The van der Waals surface area contributed by atoms with Gasteiger partial charge in [-0.2, -0.15) is 0 Å². The molecule has 0 N–H and O–H groups in total. The molecule has 2 radical (unpaired) electrons. The molecule has 1 aliphatic rings. The molecule has 0 fully saturated rings. The second-order valence-electron chi connectivity index (χ2n) is 2.45.